The molecule has 0 spiro atoms. The van der Waals surface area contributed by atoms with E-state index in [1.807, 2.05) is 0 Å². The average Bonchev–Trinajstić information content (AvgIpc) is 1.51. The Bertz CT molecular complexity index is 7500. The van der Waals surface area contributed by atoms with Gasteiger partial charge in [0.05, 0.1) is 51.2 Å². The van der Waals surface area contributed by atoms with E-state index in [0.717, 1.165) is 12.8 Å². The third-order valence-electron chi connectivity index (χ3n) is 34.7. The van der Waals surface area contributed by atoms with Gasteiger partial charge in [0.1, 0.15) is 24.7 Å². The molecule has 0 fully saturated rings. The first kappa shape index (κ1) is 86.7. The number of benzene rings is 16. The minimum atomic E-state index is -0.0728. The fraction of sp³-hybridized carbons (Fsp3) is 0.296. The van der Waals surface area contributed by atoms with Gasteiger partial charge >= 0.3 is 0 Å². The van der Waals surface area contributed by atoms with Crippen LogP contribution in [0.3, 0.4) is 0 Å². The maximum Gasteiger partial charge on any atom is 0.103 e. The minimum Gasteiger partial charge on any atom is -0.353 e. The Kier molecular flexibility index (Phi) is 20.2. The van der Waals surface area contributed by atoms with Crippen LogP contribution in [0.4, 0.5) is 68.2 Å². The molecule has 8 aliphatic rings. The van der Waals surface area contributed by atoms with Crippen LogP contribution in [-0.4, -0.2) is 52.9 Å². The first-order valence-corrected chi connectivity index (χ1v) is 48.6. The molecule has 0 saturated carbocycles. The first-order chi connectivity index (χ1) is 63.5. The van der Waals surface area contributed by atoms with Crippen LogP contribution in [0, 0.1) is 34.6 Å². The van der Waals surface area contributed by atoms with Crippen molar-refractivity contribution in [2.24, 2.45) is 0 Å². The minimum absolute atomic E-state index is 0.00635. The first-order valence-electron chi connectivity index (χ1n) is 48.6. The van der Waals surface area contributed by atoms with Gasteiger partial charge in [-0.15, -0.1) is 0 Å². The van der Waals surface area contributed by atoms with Gasteiger partial charge in [0, 0.05) is 61.5 Å². The summed E-state index contributed by atoms with van der Waals surface area (Å²) in [5, 5.41) is 10.8. The van der Waals surface area contributed by atoms with E-state index < -0.39 is 0 Å². The molecule has 0 N–H and O–H groups in total. The van der Waals surface area contributed by atoms with E-state index in [-0.39, 0.29) is 51.0 Å². The highest BCUT2D eigenvalue weighted by Crippen LogP contribution is 2.64. The SMILES string of the molecule is Cc1cc2c(cc1N1c3ccccc3N(C)[C@@H]1C)-c1c(ccc3ccccc13)C(C)(C)C2(C)C.Cc1ccc2c(c1N1c3ccccc3N(C)[C@@H]1C)C(C)(C)C(C)(C)c1c-2ccc2ccccc12.Cc1ccc2c(c1N1c3ccccc3N(C)[C@@H]1C)CCc1cc3ccccc3cc1-2.Cc1ccc2c3c(ccc2c1)-c1cc(N2c4ccccc4N(C)[C@@H]2C)c(C)cc1C(C)(C)C3(C)C. The number of fused-ring (bicyclic) bond motifs is 23. The molecule has 16 aromatic carbocycles. The Morgan fingerprint density at radius 2 is 0.594 bits per heavy atom. The third-order valence-corrected chi connectivity index (χ3v) is 34.7. The van der Waals surface area contributed by atoms with Gasteiger partial charge in [0.25, 0.3) is 0 Å². The lowest BCUT2D eigenvalue weighted by atomic mass is 9.54. The van der Waals surface area contributed by atoms with Crippen LogP contribution in [0.1, 0.15) is 183 Å². The number of para-hydroxylation sites is 8. The third kappa shape index (κ3) is 12.7. The molecule has 0 amide bonds. The fourth-order valence-corrected chi connectivity index (χ4v) is 24.8. The summed E-state index contributed by atoms with van der Waals surface area (Å²) in [5.41, 5.74) is 45.2. The molecule has 4 aliphatic heterocycles. The van der Waals surface area contributed by atoms with E-state index >= 15 is 0 Å². The molecule has 4 aliphatic carbocycles. The molecular weight excluding hydrogens is 1610 g/mol. The number of hydrogen-bond acceptors (Lipinski definition) is 8. The average molecular weight is 1740 g/mol. The van der Waals surface area contributed by atoms with Gasteiger partial charge < -0.3 is 39.2 Å². The van der Waals surface area contributed by atoms with Gasteiger partial charge in [-0.1, -0.05) is 307 Å². The number of hydrogen-bond donors (Lipinski definition) is 0. The van der Waals surface area contributed by atoms with Crippen molar-refractivity contribution in [1.82, 2.24) is 0 Å². The molecule has 8 nitrogen and oxygen atoms in total. The van der Waals surface area contributed by atoms with Gasteiger partial charge in [0.15, 0.2) is 0 Å². The Morgan fingerprint density at radius 3 is 1.14 bits per heavy atom. The smallest absolute Gasteiger partial charge is 0.103 e. The second kappa shape index (κ2) is 31.0. The van der Waals surface area contributed by atoms with Gasteiger partial charge in [-0.3, -0.25) is 0 Å². The highest BCUT2D eigenvalue weighted by atomic mass is 15.4. The summed E-state index contributed by atoms with van der Waals surface area (Å²) in [6.07, 6.45) is 3.26. The van der Waals surface area contributed by atoms with Crippen molar-refractivity contribution in [1.29, 1.82) is 0 Å². The standard InChI is InChI=1S/C33H36N2.2C32H34N2.C28H26N2/c1-20-13-15-24-23(17-20)14-16-25-26-19-30(35-22(3)34(8)28-11-9-10-12-29(28)35)21(2)18-27(26)32(4,5)33(6,7)31(24)25;1-20-16-18-25-24-19-17-22-12-8-9-13-23(22)28(24)31(3,4)32(5,6)29(25)30(20)34-21(2)33(7)26-14-10-11-15-27(26)34;1-20-18-26-24(19-29(20)34-21(2)33(7)27-14-10-11-15-28(27)34)30-23-13-9-8-12-22(23)16-17-25(30)31(3,4)32(26,5)6;1-18-12-14-23-24(15-13-22-16-20-8-4-5-9-21(20)17-25(22)23)28(18)30-19(2)29(3)26-10-6-7-11-27(26)30/h9-19,22H,1-8H3;2*8-19,21H,1-7H3;4-12,14,16-17,19H,13,15H2,1-3H3/t22-;2*21-;19-/m0000/s1. The molecule has 0 saturated heterocycles. The number of nitrogens with zero attached hydrogens (tertiary/aromatic N) is 8. The fourth-order valence-electron chi connectivity index (χ4n) is 24.8. The normalized spacial score (nSPS) is 19.0. The van der Waals surface area contributed by atoms with Crippen molar-refractivity contribution in [3.63, 3.8) is 0 Å². The van der Waals surface area contributed by atoms with Crippen molar-refractivity contribution in [2.75, 3.05) is 67.4 Å². The number of anilines is 12. The van der Waals surface area contributed by atoms with Crippen LogP contribution in [0.15, 0.2) is 285 Å². The van der Waals surface area contributed by atoms with E-state index in [1.165, 1.54) is 228 Å². The Labute approximate surface area is 790 Å². The molecule has 24 rings (SSSR count). The van der Waals surface area contributed by atoms with Crippen molar-refractivity contribution in [3.05, 3.63) is 357 Å². The lowest BCUT2D eigenvalue weighted by Crippen LogP contribution is -2.46. The second-order valence-electron chi connectivity index (χ2n) is 42.9. The molecule has 670 valence electrons. The van der Waals surface area contributed by atoms with Crippen molar-refractivity contribution < 1.29 is 0 Å². The molecule has 0 radical (unpaired) electrons. The summed E-state index contributed by atoms with van der Waals surface area (Å²) < 4.78 is 0. The molecule has 16 aromatic rings. The predicted molar refractivity (Wildman–Crippen MR) is 573 cm³/mol. The van der Waals surface area contributed by atoms with Crippen molar-refractivity contribution in [3.8, 4) is 44.5 Å². The highest BCUT2D eigenvalue weighted by molar-refractivity contribution is 6.05. The molecule has 0 aromatic heterocycles. The summed E-state index contributed by atoms with van der Waals surface area (Å²) in [6.45, 7) is 49.7. The largest absolute Gasteiger partial charge is 0.353 e. The summed E-state index contributed by atoms with van der Waals surface area (Å²) >= 11 is 0. The molecule has 133 heavy (non-hydrogen) atoms. The Hall–Kier alpha value is -13.0. The van der Waals surface area contributed by atoms with Crippen molar-refractivity contribution >= 4 is 111 Å². The quantitative estimate of drug-likeness (QED) is 0.172. The topological polar surface area (TPSA) is 25.9 Å². The summed E-state index contributed by atoms with van der Waals surface area (Å²) in [7, 11) is 8.82. The van der Waals surface area contributed by atoms with Crippen molar-refractivity contribution in [2.45, 2.75) is 215 Å². The van der Waals surface area contributed by atoms with E-state index in [0.29, 0.717) is 6.17 Å². The van der Waals surface area contributed by atoms with E-state index in [1.54, 1.807) is 0 Å². The molecular formula is C125H130N8. The Balaban J connectivity index is 0.000000107. The molecule has 8 heteroatoms. The molecule has 0 unspecified atom stereocenters. The second-order valence-corrected chi connectivity index (χ2v) is 42.9. The van der Waals surface area contributed by atoms with Crippen LogP contribution < -0.4 is 39.2 Å². The monoisotopic (exact) mass is 1740 g/mol. The maximum absolute atomic E-state index is 2.58. The highest BCUT2D eigenvalue weighted by Gasteiger charge is 2.53. The Morgan fingerprint density at radius 1 is 0.233 bits per heavy atom. The lowest BCUT2D eigenvalue weighted by molar-refractivity contribution is 0.299. The van der Waals surface area contributed by atoms with Gasteiger partial charge in [-0.2, -0.15) is 0 Å². The number of rotatable bonds is 4. The van der Waals surface area contributed by atoms with Crippen LogP contribution in [0.2, 0.25) is 0 Å². The zero-order chi connectivity index (χ0) is 93.2. The van der Waals surface area contributed by atoms with Crippen LogP contribution in [0.5, 0.6) is 0 Å². The summed E-state index contributed by atoms with van der Waals surface area (Å²) in [5.74, 6) is 0. The molecule has 4 atom stereocenters. The lowest BCUT2D eigenvalue weighted by Gasteiger charge is -2.51. The summed E-state index contributed by atoms with van der Waals surface area (Å²) in [4.78, 5) is 19.7. The van der Waals surface area contributed by atoms with E-state index in [9.17, 15) is 0 Å². The van der Waals surface area contributed by atoms with Gasteiger partial charge in [-0.05, 0) is 312 Å². The number of aryl methyl sites for hydroxylation is 6. The zero-order valence-corrected chi connectivity index (χ0v) is 82.9. The van der Waals surface area contributed by atoms with E-state index in [4.69, 9.17) is 0 Å². The molecule has 0 bridgehead atoms. The van der Waals surface area contributed by atoms with Crippen LogP contribution in [-0.2, 0) is 45.3 Å². The van der Waals surface area contributed by atoms with Gasteiger partial charge in [-0.25, -0.2) is 0 Å². The van der Waals surface area contributed by atoms with Crippen LogP contribution >= 0.6 is 0 Å². The van der Waals surface area contributed by atoms with Crippen LogP contribution in [0.25, 0.3) is 87.6 Å². The zero-order valence-electron chi connectivity index (χ0n) is 82.9. The van der Waals surface area contributed by atoms with E-state index in [2.05, 4.69) is 498 Å². The summed E-state index contributed by atoms with van der Waals surface area (Å²) in [6, 6.07) is 107. The maximum atomic E-state index is 2.58. The molecule has 4 heterocycles. The van der Waals surface area contributed by atoms with Gasteiger partial charge in [0.2, 0.25) is 0 Å². The predicted octanol–water partition coefficient (Wildman–Crippen LogP) is 32.1.